The second-order valence-electron chi connectivity index (χ2n) is 7.50. The van der Waals surface area contributed by atoms with E-state index in [1.165, 1.54) is 0 Å². The molecule has 2 aromatic carbocycles. The van der Waals surface area contributed by atoms with Crippen molar-refractivity contribution in [2.24, 2.45) is 5.92 Å². The lowest BCUT2D eigenvalue weighted by atomic mass is 10.1. The van der Waals surface area contributed by atoms with Gasteiger partial charge in [-0.3, -0.25) is 9.59 Å². The minimum atomic E-state index is -0.388. The summed E-state index contributed by atoms with van der Waals surface area (Å²) < 4.78 is 5.38. The molecule has 0 saturated carbocycles. The molecule has 152 valence electrons. The first-order valence-electron chi connectivity index (χ1n) is 9.81. The fraction of sp³-hybridized carbons (Fsp3) is 0.364. The van der Waals surface area contributed by atoms with Gasteiger partial charge in [-0.2, -0.15) is 0 Å². The number of carbonyl (C=O) groups is 2. The number of anilines is 3. The van der Waals surface area contributed by atoms with Gasteiger partial charge in [0.25, 0.3) is 0 Å². The number of halogens is 1. The standard InChI is InChI=1S/C22H24ClN3O3/c1-15-2-5-18(6-3-15)26-14-16(12-21(26)27)22(28)24-17-4-7-20(19(23)13-17)25-8-10-29-11-9-25/h2-7,13,16H,8-12,14H2,1H3,(H,24,28). The van der Waals surface area contributed by atoms with Crippen LogP contribution in [0.5, 0.6) is 0 Å². The van der Waals surface area contributed by atoms with Gasteiger partial charge in [0.2, 0.25) is 11.8 Å². The number of rotatable bonds is 4. The summed E-state index contributed by atoms with van der Waals surface area (Å²) in [5.74, 6) is -0.584. The average molecular weight is 414 g/mol. The summed E-state index contributed by atoms with van der Waals surface area (Å²) in [6.07, 6.45) is 0.208. The highest BCUT2D eigenvalue weighted by atomic mass is 35.5. The molecule has 2 heterocycles. The molecule has 7 heteroatoms. The van der Waals surface area contributed by atoms with E-state index in [2.05, 4.69) is 10.2 Å². The van der Waals surface area contributed by atoms with Crippen LogP contribution >= 0.6 is 11.6 Å². The molecule has 1 N–H and O–H groups in total. The minimum Gasteiger partial charge on any atom is -0.378 e. The molecule has 1 unspecified atom stereocenters. The van der Waals surface area contributed by atoms with Crippen LogP contribution in [0.15, 0.2) is 42.5 Å². The zero-order valence-electron chi connectivity index (χ0n) is 16.4. The van der Waals surface area contributed by atoms with Gasteiger partial charge >= 0.3 is 0 Å². The quantitative estimate of drug-likeness (QED) is 0.833. The molecule has 29 heavy (non-hydrogen) atoms. The lowest BCUT2D eigenvalue weighted by molar-refractivity contribution is -0.122. The molecule has 0 bridgehead atoms. The van der Waals surface area contributed by atoms with E-state index < -0.39 is 0 Å². The van der Waals surface area contributed by atoms with Crippen molar-refractivity contribution in [1.29, 1.82) is 0 Å². The molecule has 0 radical (unpaired) electrons. The molecule has 0 spiro atoms. The number of nitrogens with zero attached hydrogens (tertiary/aromatic N) is 2. The van der Waals surface area contributed by atoms with Crippen molar-refractivity contribution in [3.63, 3.8) is 0 Å². The van der Waals surface area contributed by atoms with Crippen molar-refractivity contribution >= 4 is 40.5 Å². The second kappa shape index (κ2) is 8.43. The van der Waals surface area contributed by atoms with Gasteiger partial charge in [-0.1, -0.05) is 29.3 Å². The fourth-order valence-electron chi connectivity index (χ4n) is 3.75. The minimum absolute atomic E-state index is 0.0327. The van der Waals surface area contributed by atoms with E-state index in [0.29, 0.717) is 30.5 Å². The van der Waals surface area contributed by atoms with Gasteiger partial charge in [-0.05, 0) is 37.3 Å². The Labute approximate surface area is 175 Å². The van der Waals surface area contributed by atoms with Gasteiger partial charge in [0.1, 0.15) is 0 Å². The predicted octanol–water partition coefficient (Wildman–Crippen LogP) is 3.48. The van der Waals surface area contributed by atoms with E-state index in [4.69, 9.17) is 16.3 Å². The molecule has 2 aromatic rings. The number of morpholine rings is 1. The van der Waals surface area contributed by atoms with Crippen LogP contribution in [0.1, 0.15) is 12.0 Å². The zero-order chi connectivity index (χ0) is 20.4. The smallest absolute Gasteiger partial charge is 0.229 e. The molecular weight excluding hydrogens is 390 g/mol. The maximum absolute atomic E-state index is 12.7. The molecule has 2 saturated heterocycles. The Morgan fingerprint density at radius 1 is 1.14 bits per heavy atom. The maximum Gasteiger partial charge on any atom is 0.229 e. The topological polar surface area (TPSA) is 61.9 Å². The fourth-order valence-corrected chi connectivity index (χ4v) is 4.05. The Morgan fingerprint density at radius 3 is 2.55 bits per heavy atom. The van der Waals surface area contributed by atoms with E-state index in [0.717, 1.165) is 30.0 Å². The van der Waals surface area contributed by atoms with Crippen molar-refractivity contribution in [2.75, 3.05) is 48.0 Å². The summed E-state index contributed by atoms with van der Waals surface area (Å²) in [7, 11) is 0. The highest BCUT2D eigenvalue weighted by Gasteiger charge is 2.35. The van der Waals surface area contributed by atoms with Crippen molar-refractivity contribution in [2.45, 2.75) is 13.3 Å². The Morgan fingerprint density at radius 2 is 1.86 bits per heavy atom. The Hall–Kier alpha value is -2.57. The van der Waals surface area contributed by atoms with Crippen LogP contribution in [-0.2, 0) is 14.3 Å². The van der Waals surface area contributed by atoms with Crippen LogP contribution in [0.2, 0.25) is 5.02 Å². The summed E-state index contributed by atoms with van der Waals surface area (Å²) >= 11 is 6.45. The highest BCUT2D eigenvalue weighted by Crippen LogP contribution is 2.31. The first kappa shape index (κ1) is 19.7. The number of ether oxygens (including phenoxy) is 1. The molecule has 2 aliphatic heterocycles. The van der Waals surface area contributed by atoms with Crippen LogP contribution in [0, 0.1) is 12.8 Å². The largest absolute Gasteiger partial charge is 0.378 e. The lowest BCUT2D eigenvalue weighted by Crippen LogP contribution is -2.36. The van der Waals surface area contributed by atoms with Gasteiger partial charge in [-0.25, -0.2) is 0 Å². The molecule has 2 aliphatic rings. The summed E-state index contributed by atoms with van der Waals surface area (Å²) in [5, 5.41) is 3.50. The van der Waals surface area contributed by atoms with Crippen molar-refractivity contribution in [1.82, 2.24) is 0 Å². The Kier molecular flexibility index (Phi) is 5.74. The Bertz CT molecular complexity index is 910. The normalized spacial score (nSPS) is 19.5. The Balaban J connectivity index is 1.41. The van der Waals surface area contributed by atoms with E-state index in [-0.39, 0.29) is 24.2 Å². The molecule has 6 nitrogen and oxygen atoms in total. The lowest BCUT2D eigenvalue weighted by Gasteiger charge is -2.29. The third kappa shape index (κ3) is 4.38. The molecule has 4 rings (SSSR count). The molecule has 0 aromatic heterocycles. The van der Waals surface area contributed by atoms with E-state index in [1.807, 2.05) is 43.3 Å². The highest BCUT2D eigenvalue weighted by molar-refractivity contribution is 6.33. The number of aryl methyl sites for hydroxylation is 1. The number of amides is 2. The van der Waals surface area contributed by atoms with Crippen LogP contribution in [0.4, 0.5) is 17.1 Å². The molecule has 2 amide bonds. The summed E-state index contributed by atoms with van der Waals surface area (Å²) in [6, 6.07) is 13.3. The third-order valence-electron chi connectivity index (χ3n) is 5.41. The van der Waals surface area contributed by atoms with Crippen LogP contribution in [-0.4, -0.2) is 44.7 Å². The summed E-state index contributed by atoms with van der Waals surface area (Å²) in [5.41, 5.74) is 3.54. The van der Waals surface area contributed by atoms with Crippen molar-refractivity contribution < 1.29 is 14.3 Å². The van der Waals surface area contributed by atoms with Gasteiger partial charge in [0, 0.05) is 37.4 Å². The first-order chi connectivity index (χ1) is 14.0. The number of benzene rings is 2. The first-order valence-corrected chi connectivity index (χ1v) is 10.2. The molecular formula is C22H24ClN3O3. The van der Waals surface area contributed by atoms with E-state index >= 15 is 0 Å². The van der Waals surface area contributed by atoms with Crippen LogP contribution in [0.3, 0.4) is 0 Å². The number of nitrogens with one attached hydrogen (secondary N) is 1. The SMILES string of the molecule is Cc1ccc(N2CC(C(=O)Nc3ccc(N4CCOCC4)c(Cl)c3)CC2=O)cc1. The van der Waals surface area contributed by atoms with E-state index in [1.54, 1.807) is 11.0 Å². The summed E-state index contributed by atoms with van der Waals surface area (Å²) in [6.45, 7) is 5.34. The monoisotopic (exact) mass is 413 g/mol. The molecule has 0 aliphatic carbocycles. The summed E-state index contributed by atoms with van der Waals surface area (Å²) in [4.78, 5) is 29.0. The maximum atomic E-state index is 12.7. The third-order valence-corrected chi connectivity index (χ3v) is 5.71. The van der Waals surface area contributed by atoms with Gasteiger partial charge in [0.15, 0.2) is 0 Å². The van der Waals surface area contributed by atoms with Gasteiger partial charge in [-0.15, -0.1) is 0 Å². The van der Waals surface area contributed by atoms with E-state index in [9.17, 15) is 9.59 Å². The van der Waals surface area contributed by atoms with Gasteiger partial charge in [0.05, 0.1) is 29.8 Å². The van der Waals surface area contributed by atoms with Crippen molar-refractivity contribution in [3.8, 4) is 0 Å². The second-order valence-corrected chi connectivity index (χ2v) is 7.90. The van der Waals surface area contributed by atoms with Crippen LogP contribution in [0.25, 0.3) is 0 Å². The molecule has 1 atom stereocenters. The number of hydrogen-bond donors (Lipinski definition) is 1. The van der Waals surface area contributed by atoms with Gasteiger partial charge < -0.3 is 19.9 Å². The molecule has 2 fully saturated rings. The van der Waals surface area contributed by atoms with Crippen molar-refractivity contribution in [3.05, 3.63) is 53.1 Å². The zero-order valence-corrected chi connectivity index (χ0v) is 17.1. The van der Waals surface area contributed by atoms with Crippen LogP contribution < -0.4 is 15.1 Å². The number of carbonyl (C=O) groups excluding carboxylic acids is 2. The average Bonchev–Trinajstić information content (AvgIpc) is 3.11. The number of hydrogen-bond acceptors (Lipinski definition) is 4. The predicted molar refractivity (Wildman–Crippen MR) is 115 cm³/mol.